The van der Waals surface area contributed by atoms with Crippen molar-refractivity contribution in [3.8, 4) is 11.5 Å². The Labute approximate surface area is 114 Å². The van der Waals surface area contributed by atoms with E-state index < -0.39 is 0 Å². The van der Waals surface area contributed by atoms with Crippen LogP contribution in [0.4, 0.5) is 0 Å². The largest absolute Gasteiger partial charge is 0.320 e. The molecule has 0 amide bonds. The molecule has 0 atom stereocenters. The van der Waals surface area contributed by atoms with Gasteiger partial charge < -0.3 is 5.32 Å². The molecule has 0 aromatic carbocycles. The quantitative estimate of drug-likeness (QED) is 0.829. The zero-order valence-electron chi connectivity index (χ0n) is 12.1. The third kappa shape index (κ3) is 3.17. The van der Waals surface area contributed by atoms with Gasteiger partial charge in [0.1, 0.15) is 5.69 Å². The van der Waals surface area contributed by atoms with E-state index in [4.69, 9.17) is 0 Å². The molecule has 0 aliphatic rings. The number of aryl methyl sites for hydroxylation is 3. The molecule has 0 bridgehead atoms. The van der Waals surface area contributed by atoms with E-state index in [1.54, 1.807) is 4.68 Å². The van der Waals surface area contributed by atoms with Crippen LogP contribution < -0.4 is 5.32 Å². The van der Waals surface area contributed by atoms with Gasteiger partial charge in [0.2, 0.25) is 0 Å². The molecule has 0 aliphatic carbocycles. The summed E-state index contributed by atoms with van der Waals surface area (Å²) in [6.45, 7) is 5.12. The van der Waals surface area contributed by atoms with Crippen LogP contribution in [0.5, 0.6) is 0 Å². The van der Waals surface area contributed by atoms with Crippen LogP contribution in [0.2, 0.25) is 0 Å². The summed E-state index contributed by atoms with van der Waals surface area (Å²) in [5.74, 6) is 0.716. The molecular formula is C14H21N5. The highest BCUT2D eigenvalue weighted by Gasteiger charge is 2.11. The van der Waals surface area contributed by atoms with Crippen molar-refractivity contribution in [2.45, 2.75) is 26.7 Å². The molecule has 0 saturated carbocycles. The van der Waals surface area contributed by atoms with Crippen LogP contribution in [0, 0.1) is 13.8 Å². The van der Waals surface area contributed by atoms with Crippen molar-refractivity contribution in [2.75, 3.05) is 13.6 Å². The maximum Gasteiger partial charge on any atom is 0.180 e. The third-order valence-corrected chi connectivity index (χ3v) is 3.22. The molecule has 0 fully saturated rings. The van der Waals surface area contributed by atoms with Crippen LogP contribution in [0.15, 0.2) is 12.3 Å². The Balaban J connectivity index is 2.26. The molecule has 1 N–H and O–H groups in total. The fourth-order valence-electron chi connectivity index (χ4n) is 2.19. The Morgan fingerprint density at radius 3 is 2.42 bits per heavy atom. The number of nitrogens with zero attached hydrogens (tertiary/aromatic N) is 4. The predicted octanol–water partition coefficient (Wildman–Crippen LogP) is 1.65. The number of nitrogens with one attached hydrogen (secondary N) is 1. The number of hydrogen-bond acceptors (Lipinski definition) is 4. The van der Waals surface area contributed by atoms with Crippen molar-refractivity contribution in [3.05, 3.63) is 29.2 Å². The first kappa shape index (κ1) is 13.7. The van der Waals surface area contributed by atoms with Crippen LogP contribution >= 0.6 is 0 Å². The van der Waals surface area contributed by atoms with Gasteiger partial charge in [0, 0.05) is 24.6 Å². The van der Waals surface area contributed by atoms with Crippen molar-refractivity contribution >= 4 is 0 Å². The molecule has 2 heterocycles. The standard InChI is InChI=1S/C14H21N5/c1-10-12(6-5-8-15-3)11(2)17-14(16-10)13-7-9-19(4)18-13/h7,9,15H,5-6,8H2,1-4H3. The third-order valence-electron chi connectivity index (χ3n) is 3.22. The van der Waals surface area contributed by atoms with Crippen molar-refractivity contribution in [2.24, 2.45) is 7.05 Å². The van der Waals surface area contributed by atoms with E-state index in [0.29, 0.717) is 5.82 Å². The average molecular weight is 259 g/mol. The van der Waals surface area contributed by atoms with Crippen LogP contribution in [-0.4, -0.2) is 33.3 Å². The molecule has 0 saturated heterocycles. The first-order valence-electron chi connectivity index (χ1n) is 6.60. The Hall–Kier alpha value is -1.75. The fraction of sp³-hybridized carbons (Fsp3) is 0.500. The predicted molar refractivity (Wildman–Crippen MR) is 76.0 cm³/mol. The lowest BCUT2D eigenvalue weighted by molar-refractivity contribution is 0.715. The zero-order valence-corrected chi connectivity index (χ0v) is 12.1. The van der Waals surface area contributed by atoms with E-state index in [2.05, 4.69) is 34.2 Å². The fourth-order valence-corrected chi connectivity index (χ4v) is 2.19. The van der Waals surface area contributed by atoms with Crippen molar-refractivity contribution < 1.29 is 0 Å². The van der Waals surface area contributed by atoms with Gasteiger partial charge in [-0.1, -0.05) is 0 Å². The normalized spacial score (nSPS) is 10.9. The lowest BCUT2D eigenvalue weighted by atomic mass is 10.1. The molecule has 5 nitrogen and oxygen atoms in total. The van der Waals surface area contributed by atoms with E-state index in [1.165, 1.54) is 5.56 Å². The highest BCUT2D eigenvalue weighted by Crippen LogP contribution is 2.18. The van der Waals surface area contributed by atoms with E-state index in [1.807, 2.05) is 26.4 Å². The number of aromatic nitrogens is 4. The van der Waals surface area contributed by atoms with Gasteiger partial charge in [0.15, 0.2) is 5.82 Å². The smallest absolute Gasteiger partial charge is 0.180 e. The summed E-state index contributed by atoms with van der Waals surface area (Å²) in [6, 6.07) is 1.94. The second-order valence-corrected chi connectivity index (χ2v) is 4.78. The Kier molecular flexibility index (Phi) is 4.27. The highest BCUT2D eigenvalue weighted by molar-refractivity contribution is 5.49. The van der Waals surface area contributed by atoms with Gasteiger partial charge in [-0.25, -0.2) is 9.97 Å². The minimum Gasteiger partial charge on any atom is -0.320 e. The van der Waals surface area contributed by atoms with Crippen LogP contribution in [0.3, 0.4) is 0 Å². The molecule has 2 aromatic rings. The molecule has 0 spiro atoms. The summed E-state index contributed by atoms with van der Waals surface area (Å²) < 4.78 is 1.77. The number of rotatable bonds is 5. The van der Waals surface area contributed by atoms with Crippen molar-refractivity contribution in [3.63, 3.8) is 0 Å². The first-order valence-corrected chi connectivity index (χ1v) is 6.60. The van der Waals surface area contributed by atoms with Crippen LogP contribution in [0.25, 0.3) is 11.5 Å². The topological polar surface area (TPSA) is 55.6 Å². The molecule has 0 unspecified atom stereocenters. The van der Waals surface area contributed by atoms with E-state index in [9.17, 15) is 0 Å². The lowest BCUT2D eigenvalue weighted by Gasteiger charge is -2.09. The van der Waals surface area contributed by atoms with E-state index in [0.717, 1.165) is 36.5 Å². The summed E-state index contributed by atoms with van der Waals surface area (Å²) in [5, 5.41) is 7.51. The average Bonchev–Trinajstić information content (AvgIpc) is 2.79. The second-order valence-electron chi connectivity index (χ2n) is 4.78. The lowest BCUT2D eigenvalue weighted by Crippen LogP contribution is -2.10. The minimum absolute atomic E-state index is 0.716. The van der Waals surface area contributed by atoms with Gasteiger partial charge in [-0.05, 0) is 51.9 Å². The van der Waals surface area contributed by atoms with Gasteiger partial charge in [0.05, 0.1) is 0 Å². The molecule has 0 radical (unpaired) electrons. The summed E-state index contributed by atoms with van der Waals surface area (Å²) in [6.07, 6.45) is 4.02. The summed E-state index contributed by atoms with van der Waals surface area (Å²) in [5.41, 5.74) is 4.21. The van der Waals surface area contributed by atoms with Crippen LogP contribution in [0.1, 0.15) is 23.4 Å². The second kappa shape index (κ2) is 5.93. The zero-order chi connectivity index (χ0) is 13.8. The molecular weight excluding hydrogens is 238 g/mol. The van der Waals surface area contributed by atoms with Gasteiger partial charge in [0.25, 0.3) is 0 Å². The molecule has 0 aliphatic heterocycles. The minimum atomic E-state index is 0.716. The van der Waals surface area contributed by atoms with Gasteiger partial charge in [-0.2, -0.15) is 5.10 Å². The monoisotopic (exact) mass is 259 g/mol. The Bertz CT molecular complexity index is 536. The summed E-state index contributed by atoms with van der Waals surface area (Å²) in [4.78, 5) is 9.18. The summed E-state index contributed by atoms with van der Waals surface area (Å²) in [7, 11) is 3.87. The van der Waals surface area contributed by atoms with E-state index >= 15 is 0 Å². The SMILES string of the molecule is CNCCCc1c(C)nc(-c2ccn(C)n2)nc1C. The highest BCUT2D eigenvalue weighted by atomic mass is 15.3. The molecule has 2 rings (SSSR count). The maximum atomic E-state index is 4.59. The number of hydrogen-bond donors (Lipinski definition) is 1. The Morgan fingerprint density at radius 1 is 1.21 bits per heavy atom. The van der Waals surface area contributed by atoms with Crippen LogP contribution in [-0.2, 0) is 13.5 Å². The van der Waals surface area contributed by atoms with Gasteiger partial charge in [-0.15, -0.1) is 0 Å². The van der Waals surface area contributed by atoms with Gasteiger partial charge >= 0.3 is 0 Å². The summed E-state index contributed by atoms with van der Waals surface area (Å²) >= 11 is 0. The van der Waals surface area contributed by atoms with Crippen molar-refractivity contribution in [1.29, 1.82) is 0 Å². The molecule has 2 aromatic heterocycles. The van der Waals surface area contributed by atoms with E-state index in [-0.39, 0.29) is 0 Å². The maximum absolute atomic E-state index is 4.59. The first-order chi connectivity index (χ1) is 9.11. The molecule has 19 heavy (non-hydrogen) atoms. The Morgan fingerprint density at radius 2 is 1.89 bits per heavy atom. The van der Waals surface area contributed by atoms with Gasteiger partial charge in [-0.3, -0.25) is 4.68 Å². The molecule has 5 heteroatoms. The van der Waals surface area contributed by atoms with Crippen molar-refractivity contribution in [1.82, 2.24) is 25.1 Å². The molecule has 102 valence electrons.